The van der Waals surface area contributed by atoms with Crippen molar-refractivity contribution in [2.24, 2.45) is 11.7 Å². The Bertz CT molecular complexity index is 432. The first-order valence-electron chi connectivity index (χ1n) is 7.30. The van der Waals surface area contributed by atoms with Crippen molar-refractivity contribution in [3.8, 4) is 0 Å². The van der Waals surface area contributed by atoms with Crippen LogP contribution in [0.5, 0.6) is 0 Å². The topological polar surface area (TPSA) is 94.0 Å². The molecule has 5 heteroatoms. The van der Waals surface area contributed by atoms with Gasteiger partial charge in [0, 0.05) is 6.54 Å². The van der Waals surface area contributed by atoms with Gasteiger partial charge in [-0.2, -0.15) is 0 Å². The molecule has 20 heavy (non-hydrogen) atoms. The first-order chi connectivity index (χ1) is 9.50. The van der Waals surface area contributed by atoms with E-state index in [4.69, 9.17) is 11.5 Å². The van der Waals surface area contributed by atoms with Crippen LogP contribution < -0.4 is 16.8 Å². The largest absolute Gasteiger partial charge is 0.397 e. The Balaban J connectivity index is 2.30. The molecule has 1 heterocycles. The van der Waals surface area contributed by atoms with Crippen LogP contribution in [0.1, 0.15) is 56.3 Å². The van der Waals surface area contributed by atoms with E-state index in [1.165, 1.54) is 31.9 Å². The van der Waals surface area contributed by atoms with E-state index in [0.717, 1.165) is 18.9 Å². The molecule has 0 unspecified atom stereocenters. The second-order valence-electron chi connectivity index (χ2n) is 5.55. The first kappa shape index (κ1) is 16.3. The van der Waals surface area contributed by atoms with Crippen molar-refractivity contribution in [3.63, 3.8) is 0 Å². The van der Waals surface area contributed by atoms with E-state index in [1.54, 1.807) is 6.07 Å². The van der Waals surface area contributed by atoms with Crippen LogP contribution in [-0.4, -0.2) is 17.4 Å². The molecule has 0 aliphatic rings. The molecule has 0 radical (unpaired) electrons. The van der Waals surface area contributed by atoms with Gasteiger partial charge in [-0.1, -0.05) is 39.5 Å². The lowest BCUT2D eigenvalue weighted by Gasteiger charge is -2.09. The SMILES string of the molecule is CC(C)CCCCCCNc1ncc(N)cc1C(N)=O. The van der Waals surface area contributed by atoms with E-state index in [2.05, 4.69) is 24.1 Å². The van der Waals surface area contributed by atoms with Gasteiger partial charge in [0.05, 0.1) is 17.4 Å². The van der Waals surface area contributed by atoms with Gasteiger partial charge in [-0.05, 0) is 18.4 Å². The highest BCUT2D eigenvalue weighted by atomic mass is 16.1. The molecule has 0 aliphatic heterocycles. The van der Waals surface area contributed by atoms with Crippen molar-refractivity contribution in [2.45, 2.75) is 46.0 Å². The van der Waals surface area contributed by atoms with Crippen LogP contribution in [0.15, 0.2) is 12.3 Å². The standard InChI is InChI=1S/C15H26N4O/c1-11(2)7-5-3-4-6-8-18-15-13(14(17)20)9-12(16)10-19-15/h9-11H,3-8,16H2,1-2H3,(H2,17,20)(H,18,19). The summed E-state index contributed by atoms with van der Waals surface area (Å²) in [6.07, 6.45) is 7.58. The average Bonchev–Trinajstić information content (AvgIpc) is 2.38. The number of nitrogens with one attached hydrogen (secondary N) is 1. The number of nitrogens with zero attached hydrogens (tertiary/aromatic N) is 1. The Morgan fingerprint density at radius 2 is 2.00 bits per heavy atom. The lowest BCUT2D eigenvalue weighted by Crippen LogP contribution is -2.16. The summed E-state index contributed by atoms with van der Waals surface area (Å²) in [6, 6.07) is 1.56. The molecule has 0 saturated heterocycles. The van der Waals surface area contributed by atoms with Crippen molar-refractivity contribution in [1.82, 2.24) is 4.98 Å². The molecule has 1 amide bonds. The number of hydrogen-bond donors (Lipinski definition) is 3. The Morgan fingerprint density at radius 1 is 1.30 bits per heavy atom. The molecule has 1 aromatic rings. The first-order valence-corrected chi connectivity index (χ1v) is 7.30. The fourth-order valence-corrected chi connectivity index (χ4v) is 2.05. The van der Waals surface area contributed by atoms with Gasteiger partial charge in [0.25, 0.3) is 5.91 Å². The van der Waals surface area contributed by atoms with Crippen LogP contribution in [0, 0.1) is 5.92 Å². The smallest absolute Gasteiger partial charge is 0.252 e. The van der Waals surface area contributed by atoms with Crippen molar-refractivity contribution in [3.05, 3.63) is 17.8 Å². The van der Waals surface area contributed by atoms with Gasteiger partial charge in [-0.25, -0.2) is 4.98 Å². The molecule has 112 valence electrons. The predicted octanol–water partition coefficient (Wildman–Crippen LogP) is 2.78. The third kappa shape index (κ3) is 5.91. The number of rotatable bonds is 9. The summed E-state index contributed by atoms with van der Waals surface area (Å²) in [5, 5.41) is 3.15. The number of nitrogens with two attached hydrogens (primary N) is 2. The van der Waals surface area contributed by atoms with Crippen LogP contribution in [0.4, 0.5) is 11.5 Å². The van der Waals surface area contributed by atoms with E-state index in [1.807, 2.05) is 0 Å². The quantitative estimate of drug-likeness (QED) is 0.605. The third-order valence-electron chi connectivity index (χ3n) is 3.17. The van der Waals surface area contributed by atoms with Crippen LogP contribution in [0.3, 0.4) is 0 Å². The molecule has 1 aromatic heterocycles. The molecule has 0 aliphatic carbocycles. The Kier molecular flexibility index (Phi) is 6.84. The van der Waals surface area contributed by atoms with E-state index in [9.17, 15) is 4.79 Å². The summed E-state index contributed by atoms with van der Waals surface area (Å²) in [6.45, 7) is 5.29. The molecule has 0 fully saturated rings. The van der Waals surface area contributed by atoms with E-state index in [-0.39, 0.29) is 0 Å². The van der Waals surface area contributed by atoms with Gasteiger partial charge < -0.3 is 16.8 Å². The highest BCUT2D eigenvalue weighted by Gasteiger charge is 2.09. The number of anilines is 2. The normalized spacial score (nSPS) is 10.8. The number of carbonyl (C=O) groups excluding carboxylic acids is 1. The molecule has 0 saturated carbocycles. The fourth-order valence-electron chi connectivity index (χ4n) is 2.05. The molecule has 5 nitrogen and oxygen atoms in total. The highest BCUT2D eigenvalue weighted by Crippen LogP contribution is 2.15. The Hall–Kier alpha value is -1.78. The molecular weight excluding hydrogens is 252 g/mol. The van der Waals surface area contributed by atoms with Gasteiger partial charge >= 0.3 is 0 Å². The van der Waals surface area contributed by atoms with Crippen LogP contribution in [0.25, 0.3) is 0 Å². The summed E-state index contributed by atoms with van der Waals surface area (Å²) < 4.78 is 0. The fraction of sp³-hybridized carbons (Fsp3) is 0.600. The molecule has 0 atom stereocenters. The summed E-state index contributed by atoms with van der Waals surface area (Å²) >= 11 is 0. The highest BCUT2D eigenvalue weighted by molar-refractivity contribution is 5.98. The monoisotopic (exact) mass is 278 g/mol. The van der Waals surface area contributed by atoms with Crippen molar-refractivity contribution >= 4 is 17.4 Å². The number of unbranched alkanes of at least 4 members (excludes halogenated alkanes) is 3. The molecule has 0 spiro atoms. The van der Waals surface area contributed by atoms with E-state index in [0.29, 0.717) is 17.1 Å². The van der Waals surface area contributed by atoms with Gasteiger partial charge in [0.2, 0.25) is 0 Å². The molecule has 5 N–H and O–H groups in total. The number of primary amides is 1. The summed E-state index contributed by atoms with van der Waals surface area (Å²) in [7, 11) is 0. The lowest BCUT2D eigenvalue weighted by molar-refractivity contribution is 0.100. The number of nitrogen functional groups attached to an aromatic ring is 1. The van der Waals surface area contributed by atoms with Crippen LogP contribution in [-0.2, 0) is 0 Å². The van der Waals surface area contributed by atoms with Crippen LogP contribution >= 0.6 is 0 Å². The maximum atomic E-state index is 11.3. The molecule has 0 bridgehead atoms. The summed E-state index contributed by atoms with van der Waals surface area (Å²) in [4.78, 5) is 15.4. The Morgan fingerprint density at radius 3 is 2.65 bits per heavy atom. The summed E-state index contributed by atoms with van der Waals surface area (Å²) in [5.41, 5.74) is 11.7. The third-order valence-corrected chi connectivity index (χ3v) is 3.17. The zero-order valence-electron chi connectivity index (χ0n) is 12.5. The average molecular weight is 278 g/mol. The second-order valence-corrected chi connectivity index (χ2v) is 5.55. The lowest BCUT2D eigenvalue weighted by atomic mass is 10.0. The molecule has 1 rings (SSSR count). The van der Waals surface area contributed by atoms with Gasteiger partial charge in [-0.3, -0.25) is 4.79 Å². The minimum Gasteiger partial charge on any atom is -0.397 e. The predicted molar refractivity (Wildman–Crippen MR) is 83.6 cm³/mol. The zero-order valence-corrected chi connectivity index (χ0v) is 12.5. The number of amides is 1. The van der Waals surface area contributed by atoms with E-state index >= 15 is 0 Å². The van der Waals surface area contributed by atoms with Crippen molar-refractivity contribution < 1.29 is 4.79 Å². The van der Waals surface area contributed by atoms with Gasteiger partial charge in [0.1, 0.15) is 5.82 Å². The molecular formula is C15H26N4O. The Labute approximate surface area is 121 Å². The number of aromatic nitrogens is 1. The van der Waals surface area contributed by atoms with E-state index < -0.39 is 5.91 Å². The number of hydrogen-bond acceptors (Lipinski definition) is 4. The maximum Gasteiger partial charge on any atom is 0.252 e. The van der Waals surface area contributed by atoms with Crippen molar-refractivity contribution in [1.29, 1.82) is 0 Å². The van der Waals surface area contributed by atoms with Gasteiger partial charge in [-0.15, -0.1) is 0 Å². The van der Waals surface area contributed by atoms with Gasteiger partial charge in [0.15, 0.2) is 0 Å². The maximum absolute atomic E-state index is 11.3. The summed E-state index contributed by atoms with van der Waals surface area (Å²) in [5.74, 6) is 0.795. The minimum absolute atomic E-state index is 0.352. The number of carbonyl (C=O) groups is 1. The molecule has 0 aromatic carbocycles. The van der Waals surface area contributed by atoms with Crippen molar-refractivity contribution in [2.75, 3.05) is 17.6 Å². The zero-order chi connectivity index (χ0) is 15.0. The minimum atomic E-state index is -0.510. The van der Waals surface area contributed by atoms with Crippen LogP contribution in [0.2, 0.25) is 0 Å². The number of pyridine rings is 1. The second kappa shape index (κ2) is 8.40.